The van der Waals surface area contributed by atoms with E-state index in [0.717, 1.165) is 11.3 Å². The molecule has 1 aliphatic heterocycles. The van der Waals surface area contributed by atoms with Gasteiger partial charge in [-0.15, -0.1) is 0 Å². The highest BCUT2D eigenvalue weighted by Crippen LogP contribution is 2.23. The SMILES string of the molecule is CCOc1ccc(CC(=O)NC2CCN(C(=O)c3cc(O)cc(O)c3)CC2)cc1. The third-order valence-electron chi connectivity index (χ3n) is 4.90. The summed E-state index contributed by atoms with van der Waals surface area (Å²) in [5.41, 5.74) is 1.17. The molecule has 1 aliphatic rings. The lowest BCUT2D eigenvalue weighted by Gasteiger charge is -2.32. The molecule has 0 aromatic heterocycles. The predicted molar refractivity (Wildman–Crippen MR) is 108 cm³/mol. The Hall–Kier alpha value is -3.22. The van der Waals surface area contributed by atoms with Crippen molar-refractivity contribution < 1.29 is 24.5 Å². The monoisotopic (exact) mass is 398 g/mol. The highest BCUT2D eigenvalue weighted by atomic mass is 16.5. The molecule has 29 heavy (non-hydrogen) atoms. The summed E-state index contributed by atoms with van der Waals surface area (Å²) in [6.07, 6.45) is 1.62. The van der Waals surface area contributed by atoms with Crippen molar-refractivity contribution >= 4 is 11.8 Å². The Kier molecular flexibility index (Phi) is 6.59. The van der Waals surface area contributed by atoms with E-state index in [-0.39, 0.29) is 34.9 Å². The summed E-state index contributed by atoms with van der Waals surface area (Å²) < 4.78 is 5.40. The van der Waals surface area contributed by atoms with Gasteiger partial charge in [-0.3, -0.25) is 9.59 Å². The van der Waals surface area contributed by atoms with Crippen molar-refractivity contribution in [3.8, 4) is 17.2 Å². The van der Waals surface area contributed by atoms with Crippen LogP contribution < -0.4 is 10.1 Å². The summed E-state index contributed by atoms with van der Waals surface area (Å²) >= 11 is 0. The first kappa shape index (κ1) is 20.5. The molecule has 7 heteroatoms. The third-order valence-corrected chi connectivity index (χ3v) is 4.90. The number of carbonyl (C=O) groups is 2. The van der Waals surface area contributed by atoms with Crippen molar-refractivity contribution in [3.63, 3.8) is 0 Å². The van der Waals surface area contributed by atoms with E-state index in [1.807, 2.05) is 31.2 Å². The molecule has 0 spiro atoms. The minimum absolute atomic E-state index is 0.0202. The van der Waals surface area contributed by atoms with E-state index in [2.05, 4.69) is 5.32 Å². The lowest BCUT2D eigenvalue weighted by molar-refractivity contribution is -0.121. The van der Waals surface area contributed by atoms with E-state index in [1.165, 1.54) is 18.2 Å². The van der Waals surface area contributed by atoms with Gasteiger partial charge in [-0.05, 0) is 49.6 Å². The van der Waals surface area contributed by atoms with Crippen molar-refractivity contribution in [2.45, 2.75) is 32.2 Å². The molecule has 0 bridgehead atoms. The number of phenolic OH excluding ortho intramolecular Hbond substituents is 2. The van der Waals surface area contributed by atoms with Crippen LogP contribution in [0.25, 0.3) is 0 Å². The fourth-order valence-corrected chi connectivity index (χ4v) is 3.46. The summed E-state index contributed by atoms with van der Waals surface area (Å²) in [6, 6.07) is 11.4. The lowest BCUT2D eigenvalue weighted by atomic mass is 10.0. The first-order valence-electron chi connectivity index (χ1n) is 9.78. The summed E-state index contributed by atoms with van der Waals surface area (Å²) in [6.45, 7) is 3.54. The van der Waals surface area contributed by atoms with E-state index in [9.17, 15) is 19.8 Å². The molecular formula is C22H26N2O5. The molecule has 154 valence electrons. The van der Waals surface area contributed by atoms with Gasteiger partial charge >= 0.3 is 0 Å². The number of aromatic hydroxyl groups is 2. The number of phenols is 2. The van der Waals surface area contributed by atoms with Crippen molar-refractivity contribution in [1.82, 2.24) is 10.2 Å². The van der Waals surface area contributed by atoms with E-state index >= 15 is 0 Å². The normalized spacial score (nSPS) is 14.4. The van der Waals surface area contributed by atoms with Gasteiger partial charge in [0, 0.05) is 30.8 Å². The van der Waals surface area contributed by atoms with Gasteiger partial charge in [0.15, 0.2) is 0 Å². The first-order chi connectivity index (χ1) is 13.9. The molecule has 3 N–H and O–H groups in total. The Morgan fingerprint density at radius 3 is 2.28 bits per heavy atom. The van der Waals surface area contributed by atoms with Crippen molar-refractivity contribution in [2.75, 3.05) is 19.7 Å². The fourth-order valence-electron chi connectivity index (χ4n) is 3.46. The average molecular weight is 398 g/mol. The second-order valence-electron chi connectivity index (χ2n) is 7.13. The summed E-state index contributed by atoms with van der Waals surface area (Å²) in [7, 11) is 0. The number of carbonyl (C=O) groups excluding carboxylic acids is 2. The van der Waals surface area contributed by atoms with Crippen LogP contribution in [0, 0.1) is 0 Å². The Morgan fingerprint density at radius 1 is 1.07 bits per heavy atom. The highest BCUT2D eigenvalue weighted by Gasteiger charge is 2.25. The quantitative estimate of drug-likeness (QED) is 0.694. The standard InChI is InChI=1S/C22H26N2O5/c1-2-29-20-5-3-15(4-6-20)11-21(27)23-17-7-9-24(10-8-17)22(28)16-12-18(25)14-19(26)13-16/h3-6,12-14,17,25-26H,2,7-11H2,1H3,(H,23,27). The largest absolute Gasteiger partial charge is 0.508 e. The van der Waals surface area contributed by atoms with Crippen LogP contribution in [0.1, 0.15) is 35.7 Å². The fraction of sp³-hybridized carbons (Fsp3) is 0.364. The molecule has 2 aromatic rings. The summed E-state index contributed by atoms with van der Waals surface area (Å²) in [4.78, 5) is 26.5. The van der Waals surface area contributed by atoms with Gasteiger partial charge in [0.1, 0.15) is 17.2 Å². The number of ether oxygens (including phenoxy) is 1. The predicted octanol–water partition coefficient (Wildman–Crippen LogP) is 2.46. The molecule has 0 atom stereocenters. The van der Waals surface area contributed by atoms with Crippen LogP contribution in [-0.2, 0) is 11.2 Å². The minimum atomic E-state index is -0.240. The third kappa shape index (κ3) is 5.63. The molecule has 1 fully saturated rings. The van der Waals surface area contributed by atoms with Crippen molar-refractivity contribution in [1.29, 1.82) is 0 Å². The van der Waals surface area contributed by atoms with Crippen molar-refractivity contribution in [2.24, 2.45) is 0 Å². The number of piperidine rings is 1. The maximum atomic E-state index is 12.6. The Labute approximate surface area is 169 Å². The van der Waals surface area contributed by atoms with E-state index in [1.54, 1.807) is 4.90 Å². The molecule has 2 aromatic carbocycles. The van der Waals surface area contributed by atoms with E-state index in [4.69, 9.17) is 4.74 Å². The van der Waals surface area contributed by atoms with Gasteiger partial charge in [0.05, 0.1) is 13.0 Å². The van der Waals surface area contributed by atoms with Crippen LogP contribution >= 0.6 is 0 Å². The number of likely N-dealkylation sites (tertiary alicyclic amines) is 1. The average Bonchev–Trinajstić information content (AvgIpc) is 2.69. The van der Waals surface area contributed by atoms with E-state index in [0.29, 0.717) is 39.0 Å². The lowest BCUT2D eigenvalue weighted by Crippen LogP contribution is -2.46. The molecule has 1 heterocycles. The van der Waals surface area contributed by atoms with Gasteiger partial charge in [-0.2, -0.15) is 0 Å². The second-order valence-corrected chi connectivity index (χ2v) is 7.13. The molecule has 0 saturated carbocycles. The molecule has 1 saturated heterocycles. The smallest absolute Gasteiger partial charge is 0.254 e. The number of rotatable bonds is 6. The van der Waals surface area contributed by atoms with Crippen molar-refractivity contribution in [3.05, 3.63) is 53.6 Å². The number of amides is 2. The first-order valence-corrected chi connectivity index (χ1v) is 9.78. The molecule has 0 radical (unpaired) electrons. The van der Waals surface area contributed by atoms with Crippen LogP contribution in [0.5, 0.6) is 17.2 Å². The van der Waals surface area contributed by atoms with Gasteiger partial charge in [0.25, 0.3) is 5.91 Å². The zero-order valence-corrected chi connectivity index (χ0v) is 16.4. The highest BCUT2D eigenvalue weighted by molar-refractivity contribution is 5.95. The van der Waals surface area contributed by atoms with Crippen LogP contribution in [-0.4, -0.2) is 52.7 Å². The maximum Gasteiger partial charge on any atom is 0.254 e. The van der Waals surface area contributed by atoms with Gasteiger partial charge in [0.2, 0.25) is 5.91 Å². The van der Waals surface area contributed by atoms with Gasteiger partial charge in [-0.25, -0.2) is 0 Å². The topological polar surface area (TPSA) is 99.1 Å². The Balaban J connectivity index is 1.47. The van der Waals surface area contributed by atoms with Gasteiger partial charge < -0.3 is 25.2 Å². The zero-order chi connectivity index (χ0) is 20.8. The second kappa shape index (κ2) is 9.32. The zero-order valence-electron chi connectivity index (χ0n) is 16.4. The maximum absolute atomic E-state index is 12.6. The number of nitrogens with one attached hydrogen (secondary N) is 1. The van der Waals surface area contributed by atoms with Crippen LogP contribution in [0.15, 0.2) is 42.5 Å². The molecule has 0 aliphatic carbocycles. The molecule has 0 unspecified atom stereocenters. The molecule has 2 amide bonds. The number of benzene rings is 2. The van der Waals surface area contributed by atoms with Crippen LogP contribution in [0.4, 0.5) is 0 Å². The van der Waals surface area contributed by atoms with E-state index < -0.39 is 0 Å². The number of hydrogen-bond acceptors (Lipinski definition) is 5. The molecule has 7 nitrogen and oxygen atoms in total. The summed E-state index contributed by atoms with van der Waals surface area (Å²) in [5, 5.41) is 22.2. The Bertz CT molecular complexity index is 838. The van der Waals surface area contributed by atoms with Gasteiger partial charge in [-0.1, -0.05) is 12.1 Å². The summed E-state index contributed by atoms with van der Waals surface area (Å²) in [5.74, 6) is 0.204. The molecule has 3 rings (SSSR count). The minimum Gasteiger partial charge on any atom is -0.508 e. The molecular weight excluding hydrogens is 372 g/mol. The Morgan fingerprint density at radius 2 is 1.69 bits per heavy atom. The number of nitrogens with zero attached hydrogens (tertiary/aromatic N) is 1. The van der Waals surface area contributed by atoms with Crippen LogP contribution in [0.2, 0.25) is 0 Å². The number of hydrogen-bond donors (Lipinski definition) is 3. The van der Waals surface area contributed by atoms with Crippen LogP contribution in [0.3, 0.4) is 0 Å².